The molecule has 2 spiro atoms. The number of methoxy groups -OCH3 is 1. The van der Waals surface area contributed by atoms with Crippen LogP contribution in [0.5, 0.6) is 0 Å². The molecular weight excluding hydrogens is 336 g/mol. The summed E-state index contributed by atoms with van der Waals surface area (Å²) >= 11 is 0. The number of benzene rings is 1. The van der Waals surface area contributed by atoms with Crippen molar-refractivity contribution in [1.29, 1.82) is 0 Å². The van der Waals surface area contributed by atoms with Crippen LogP contribution in [0.1, 0.15) is 12.8 Å². The molecule has 7 fully saturated rings. The SMILES string of the molecule is COC(=O)[C@H]1[C@@H](S(=O)(=O)c2ccccc2)[C@@H]2C[C@H]1[C@]13[C@H]4[C@@H]5[C@H](C[C@@H]41)[C@]523. The first kappa shape index (κ1) is 13.8. The molecule has 0 N–H and O–H groups in total. The van der Waals surface area contributed by atoms with Gasteiger partial charge in [0, 0.05) is 0 Å². The van der Waals surface area contributed by atoms with Crippen LogP contribution in [0.15, 0.2) is 35.2 Å². The Hall–Kier alpha value is -1.36. The molecule has 8 rings (SSSR count). The number of ether oxygens (including phenoxy) is 1. The minimum absolute atomic E-state index is 0.172. The Kier molecular flexibility index (Phi) is 1.96. The van der Waals surface area contributed by atoms with Crippen LogP contribution < -0.4 is 0 Å². The van der Waals surface area contributed by atoms with E-state index in [1.54, 1.807) is 24.3 Å². The maximum absolute atomic E-state index is 13.5. The van der Waals surface area contributed by atoms with Crippen molar-refractivity contribution in [2.75, 3.05) is 7.11 Å². The van der Waals surface area contributed by atoms with Gasteiger partial charge in [0.05, 0.1) is 23.2 Å². The second-order valence-electron chi connectivity index (χ2n) is 9.19. The van der Waals surface area contributed by atoms with E-state index in [0.717, 1.165) is 30.1 Å². The maximum Gasteiger partial charge on any atom is 0.310 e. The third kappa shape index (κ3) is 1.01. The van der Waals surface area contributed by atoms with Crippen LogP contribution >= 0.6 is 0 Å². The van der Waals surface area contributed by atoms with Crippen molar-refractivity contribution in [3.8, 4) is 0 Å². The lowest BCUT2D eigenvalue weighted by molar-refractivity contribution is -0.150. The zero-order chi connectivity index (χ0) is 16.9. The fraction of sp³-hybridized carbons (Fsp3) is 0.650. The molecule has 4 nitrogen and oxygen atoms in total. The highest BCUT2D eigenvalue weighted by atomic mass is 32.2. The molecule has 0 unspecified atom stereocenters. The van der Waals surface area contributed by atoms with E-state index < -0.39 is 21.0 Å². The molecule has 1 aromatic carbocycles. The number of carbonyl (C=O) groups excluding carboxylic acids is 1. The standard InChI is InChI=1S/C20H20O4S/c1-24-18(21)14-10-7-13(17(14)25(22,23)9-5-3-2-4-6-9)20-12-8-11-15(16(12)20)19(10,11)20/h2-6,10-17H,7-8H2,1H3/t10-,11+,12+,13+,14-,15-,16+,17+,19-,20-/m1/s1. The number of carbonyl (C=O) groups is 1. The van der Waals surface area contributed by atoms with Crippen molar-refractivity contribution in [2.45, 2.75) is 23.0 Å². The lowest BCUT2D eigenvalue weighted by Gasteiger charge is -2.46. The summed E-state index contributed by atoms with van der Waals surface area (Å²) in [7, 11) is -2.12. The van der Waals surface area contributed by atoms with Crippen LogP contribution in [0.3, 0.4) is 0 Å². The number of rotatable bonds is 3. The van der Waals surface area contributed by atoms with Gasteiger partial charge in [0.1, 0.15) is 0 Å². The normalized spacial score (nSPS) is 57.5. The lowest BCUT2D eigenvalue weighted by Crippen LogP contribution is -2.52. The molecule has 0 aromatic heterocycles. The van der Waals surface area contributed by atoms with E-state index in [9.17, 15) is 13.2 Å². The fourth-order valence-corrected chi connectivity index (χ4v) is 11.8. The minimum atomic E-state index is -3.52. The van der Waals surface area contributed by atoms with Gasteiger partial charge in [-0.25, -0.2) is 8.42 Å². The van der Waals surface area contributed by atoms with Gasteiger partial charge in [0.2, 0.25) is 0 Å². The highest BCUT2D eigenvalue weighted by Crippen LogP contribution is 3.12. The molecule has 7 aliphatic carbocycles. The molecule has 0 amide bonds. The van der Waals surface area contributed by atoms with E-state index in [0.29, 0.717) is 15.7 Å². The number of fused-ring (bicyclic) bond motifs is 2. The van der Waals surface area contributed by atoms with Crippen molar-refractivity contribution in [1.82, 2.24) is 0 Å². The van der Waals surface area contributed by atoms with Crippen molar-refractivity contribution in [3.05, 3.63) is 30.3 Å². The van der Waals surface area contributed by atoms with Crippen LogP contribution in [0.4, 0.5) is 0 Å². The van der Waals surface area contributed by atoms with E-state index in [4.69, 9.17) is 4.74 Å². The number of hydrogen-bond donors (Lipinski definition) is 0. The summed E-state index contributed by atoms with van der Waals surface area (Å²) in [6, 6.07) is 8.72. The Labute approximate surface area is 146 Å². The molecule has 0 radical (unpaired) electrons. The van der Waals surface area contributed by atoms with Crippen molar-refractivity contribution >= 4 is 15.8 Å². The average molecular weight is 356 g/mol. The summed E-state index contributed by atoms with van der Waals surface area (Å²) in [4.78, 5) is 13.0. The third-order valence-corrected chi connectivity index (χ3v) is 11.7. The summed E-state index contributed by atoms with van der Waals surface area (Å²) < 4.78 is 32.2. The molecule has 0 saturated heterocycles. The smallest absolute Gasteiger partial charge is 0.310 e. The Morgan fingerprint density at radius 3 is 2.20 bits per heavy atom. The number of hydrogen-bond acceptors (Lipinski definition) is 4. The zero-order valence-corrected chi connectivity index (χ0v) is 14.8. The Morgan fingerprint density at radius 2 is 1.60 bits per heavy atom. The average Bonchev–Trinajstić information content (AvgIpc) is 3.07. The first-order valence-electron chi connectivity index (χ1n) is 9.40. The fourth-order valence-electron chi connectivity index (χ4n) is 9.49. The molecule has 4 bridgehead atoms. The summed E-state index contributed by atoms with van der Waals surface area (Å²) in [6.07, 6.45) is 2.23. The Balaban J connectivity index is 1.41. The zero-order valence-electron chi connectivity index (χ0n) is 14.0. The van der Waals surface area contributed by atoms with Gasteiger partial charge in [-0.3, -0.25) is 4.79 Å². The first-order valence-corrected chi connectivity index (χ1v) is 11.0. The van der Waals surface area contributed by atoms with E-state index in [1.807, 2.05) is 6.07 Å². The van der Waals surface area contributed by atoms with Crippen LogP contribution in [-0.2, 0) is 19.4 Å². The third-order valence-electron chi connectivity index (χ3n) is 9.45. The summed E-state index contributed by atoms with van der Waals surface area (Å²) in [6.45, 7) is 0. The molecule has 0 heterocycles. The maximum atomic E-state index is 13.5. The Bertz CT molecular complexity index is 943. The summed E-state index contributed by atoms with van der Waals surface area (Å²) in [5.41, 5.74) is 0.638. The van der Waals surface area contributed by atoms with Crippen LogP contribution in [0, 0.1) is 52.3 Å². The highest BCUT2D eigenvalue weighted by molar-refractivity contribution is 7.92. The Morgan fingerprint density at radius 1 is 1.00 bits per heavy atom. The largest absolute Gasteiger partial charge is 0.469 e. The van der Waals surface area contributed by atoms with E-state index in [-0.39, 0.29) is 17.8 Å². The predicted molar refractivity (Wildman–Crippen MR) is 88.0 cm³/mol. The molecule has 7 saturated carbocycles. The topological polar surface area (TPSA) is 60.4 Å². The molecule has 0 aliphatic heterocycles. The molecule has 1 aromatic rings. The quantitative estimate of drug-likeness (QED) is 0.779. The van der Waals surface area contributed by atoms with Crippen molar-refractivity contribution in [2.24, 2.45) is 52.3 Å². The first-order chi connectivity index (χ1) is 12.0. The number of sulfone groups is 1. The highest BCUT2D eigenvalue weighted by Gasteiger charge is 3.10. The van der Waals surface area contributed by atoms with Crippen molar-refractivity contribution < 1.29 is 17.9 Å². The van der Waals surface area contributed by atoms with Gasteiger partial charge in [0.15, 0.2) is 9.84 Å². The van der Waals surface area contributed by atoms with Gasteiger partial charge in [0.25, 0.3) is 0 Å². The minimum Gasteiger partial charge on any atom is -0.469 e. The molecule has 7 aliphatic rings. The molecule has 25 heavy (non-hydrogen) atoms. The van der Waals surface area contributed by atoms with E-state index in [1.165, 1.54) is 13.5 Å². The van der Waals surface area contributed by atoms with Gasteiger partial charge in [-0.1, -0.05) is 18.2 Å². The predicted octanol–water partition coefficient (Wildman–Crippen LogP) is 2.15. The number of esters is 1. The van der Waals surface area contributed by atoms with Crippen LogP contribution in [-0.4, -0.2) is 26.7 Å². The summed E-state index contributed by atoms with van der Waals surface area (Å²) in [5, 5.41) is -0.578. The second-order valence-corrected chi connectivity index (χ2v) is 11.3. The molecule has 130 valence electrons. The molecule has 5 heteroatoms. The van der Waals surface area contributed by atoms with Crippen LogP contribution in [0.2, 0.25) is 0 Å². The second kappa shape index (κ2) is 3.55. The van der Waals surface area contributed by atoms with Gasteiger partial charge in [-0.2, -0.15) is 0 Å². The molecule has 10 atom stereocenters. The van der Waals surface area contributed by atoms with E-state index >= 15 is 0 Å². The van der Waals surface area contributed by atoms with Crippen LogP contribution in [0.25, 0.3) is 0 Å². The van der Waals surface area contributed by atoms with Gasteiger partial charge >= 0.3 is 5.97 Å². The van der Waals surface area contributed by atoms with Gasteiger partial charge < -0.3 is 4.74 Å². The lowest BCUT2D eigenvalue weighted by atomic mass is 9.60. The monoisotopic (exact) mass is 356 g/mol. The summed E-state index contributed by atoms with van der Waals surface area (Å²) in [5.74, 6) is 2.83. The molecular formula is C20H20O4S. The van der Waals surface area contributed by atoms with Gasteiger partial charge in [-0.15, -0.1) is 0 Å². The van der Waals surface area contributed by atoms with Gasteiger partial charge in [-0.05, 0) is 71.3 Å². The van der Waals surface area contributed by atoms with Crippen molar-refractivity contribution in [3.63, 3.8) is 0 Å². The van der Waals surface area contributed by atoms with E-state index in [2.05, 4.69) is 0 Å².